The average molecular weight is 431 g/mol. The maximum atomic E-state index is 12.7. The lowest BCUT2D eigenvalue weighted by molar-refractivity contribution is -0.150. The fourth-order valence-electron chi connectivity index (χ4n) is 6.30. The van der Waals surface area contributed by atoms with Crippen LogP contribution in [-0.2, 0) is 9.53 Å². The van der Waals surface area contributed by atoms with Crippen LogP contribution in [0.2, 0.25) is 0 Å². The first-order valence-electron chi connectivity index (χ1n) is 11.3. The highest BCUT2D eigenvalue weighted by Crippen LogP contribution is 2.43. The molecule has 1 amide bonds. The van der Waals surface area contributed by atoms with Gasteiger partial charge in [0, 0.05) is 44.6 Å². The number of esters is 1. The topological polar surface area (TPSA) is 99.5 Å². The van der Waals surface area contributed by atoms with E-state index in [4.69, 9.17) is 9.47 Å². The van der Waals surface area contributed by atoms with E-state index in [1.807, 2.05) is 0 Å². The lowest BCUT2D eigenvalue weighted by Gasteiger charge is -2.57. The van der Waals surface area contributed by atoms with Crippen molar-refractivity contribution in [3.63, 3.8) is 0 Å². The van der Waals surface area contributed by atoms with Gasteiger partial charge in [-0.2, -0.15) is 0 Å². The van der Waals surface area contributed by atoms with E-state index in [2.05, 4.69) is 9.80 Å². The molecule has 8 heteroatoms. The van der Waals surface area contributed by atoms with Crippen LogP contribution in [0.5, 0.6) is 17.2 Å². The summed E-state index contributed by atoms with van der Waals surface area (Å²) in [6.45, 7) is 2.73. The minimum Gasteiger partial charge on any atom is -0.504 e. The van der Waals surface area contributed by atoms with E-state index in [0.717, 1.165) is 51.7 Å². The molecule has 2 bridgehead atoms. The molecule has 4 heterocycles. The van der Waals surface area contributed by atoms with Gasteiger partial charge in [-0.3, -0.25) is 9.69 Å². The summed E-state index contributed by atoms with van der Waals surface area (Å²) in [5, 5.41) is 19.9. The summed E-state index contributed by atoms with van der Waals surface area (Å²) in [6.07, 6.45) is 5.27. The number of carbonyl (C=O) groups is 2. The van der Waals surface area contributed by atoms with Crippen LogP contribution in [-0.4, -0.2) is 76.8 Å². The number of ether oxygens (including phenoxy) is 2. The number of piperidine rings is 4. The highest BCUT2D eigenvalue weighted by atomic mass is 16.5. The number of methoxy groups -OCH3 is 1. The summed E-state index contributed by atoms with van der Waals surface area (Å²) < 4.78 is 10.7. The van der Waals surface area contributed by atoms with Gasteiger partial charge in [0.25, 0.3) is 0 Å². The first-order chi connectivity index (χ1) is 14.9. The maximum Gasteiger partial charge on any atom is 0.338 e. The van der Waals surface area contributed by atoms with Crippen molar-refractivity contribution in [1.82, 2.24) is 9.80 Å². The summed E-state index contributed by atoms with van der Waals surface area (Å²) in [6, 6.07) is 3.23. The number of carbonyl (C=O) groups excluding carboxylic acids is 2. The Morgan fingerprint density at radius 1 is 1.06 bits per heavy atom. The van der Waals surface area contributed by atoms with Gasteiger partial charge in [-0.15, -0.1) is 0 Å². The van der Waals surface area contributed by atoms with Gasteiger partial charge in [0.1, 0.15) is 6.10 Å². The molecule has 1 aromatic rings. The molecule has 8 nitrogen and oxygen atoms in total. The minimum atomic E-state index is -0.560. The summed E-state index contributed by atoms with van der Waals surface area (Å²) >= 11 is 0. The molecule has 2 N–H and O–H groups in total. The van der Waals surface area contributed by atoms with E-state index in [1.165, 1.54) is 19.2 Å². The molecular weight excluding hydrogens is 400 g/mol. The SMILES string of the molecule is COc1c(O)cc(C(=O)O[C@H]2CCN3CC4CC(CN5C(=O)CCC[C@H]45)[C@@H]3C2)cc1O. The second-order valence-corrected chi connectivity index (χ2v) is 9.42. The third kappa shape index (κ3) is 3.60. The second-order valence-electron chi connectivity index (χ2n) is 9.42. The van der Waals surface area contributed by atoms with Crippen molar-refractivity contribution in [2.24, 2.45) is 11.8 Å². The molecule has 0 spiro atoms. The van der Waals surface area contributed by atoms with Crippen LogP contribution in [0.4, 0.5) is 0 Å². The second kappa shape index (κ2) is 7.89. The standard InChI is InChI=1S/C23H30N2O6/c1-30-22-19(26)8-13(9-20(22)27)23(29)31-16-5-6-24-11-14-7-15(18(24)10-16)12-25-17(14)3-2-4-21(25)28/h8-9,14-18,26-27H,2-7,10-12H2,1H3/t14?,15?,16-,17+,18-/m0/s1. The largest absolute Gasteiger partial charge is 0.504 e. The smallest absolute Gasteiger partial charge is 0.338 e. The first kappa shape index (κ1) is 20.4. The van der Waals surface area contributed by atoms with Crippen molar-refractivity contribution in [1.29, 1.82) is 0 Å². The van der Waals surface area contributed by atoms with Crippen LogP contribution < -0.4 is 4.74 Å². The van der Waals surface area contributed by atoms with Crippen molar-refractivity contribution in [2.45, 2.75) is 56.7 Å². The zero-order valence-corrected chi connectivity index (χ0v) is 17.8. The highest BCUT2D eigenvalue weighted by molar-refractivity contribution is 5.91. The van der Waals surface area contributed by atoms with Gasteiger partial charge in [0.15, 0.2) is 11.5 Å². The van der Waals surface area contributed by atoms with E-state index in [9.17, 15) is 19.8 Å². The Kier molecular flexibility index (Phi) is 5.20. The Labute approximate surface area is 181 Å². The molecule has 4 aliphatic rings. The molecule has 0 aliphatic carbocycles. The van der Waals surface area contributed by atoms with Crippen LogP contribution in [0.25, 0.3) is 0 Å². The number of aromatic hydroxyl groups is 2. The third-order valence-electron chi connectivity index (χ3n) is 7.68. The van der Waals surface area contributed by atoms with Gasteiger partial charge in [0.2, 0.25) is 11.7 Å². The van der Waals surface area contributed by atoms with Gasteiger partial charge in [-0.1, -0.05) is 0 Å². The van der Waals surface area contributed by atoms with Gasteiger partial charge in [-0.25, -0.2) is 4.79 Å². The Balaban J connectivity index is 1.26. The predicted molar refractivity (Wildman–Crippen MR) is 111 cm³/mol. The number of rotatable bonds is 3. The number of phenols is 2. The third-order valence-corrected chi connectivity index (χ3v) is 7.68. The van der Waals surface area contributed by atoms with E-state index in [-0.39, 0.29) is 28.9 Å². The van der Waals surface area contributed by atoms with E-state index < -0.39 is 5.97 Å². The van der Waals surface area contributed by atoms with Gasteiger partial charge < -0.3 is 24.6 Å². The highest BCUT2D eigenvalue weighted by Gasteiger charge is 2.49. The van der Waals surface area contributed by atoms with Crippen molar-refractivity contribution in [3.05, 3.63) is 17.7 Å². The zero-order chi connectivity index (χ0) is 21.7. The normalized spacial score (nSPS) is 32.7. The van der Waals surface area contributed by atoms with Gasteiger partial charge in [0.05, 0.1) is 12.7 Å². The molecule has 4 fully saturated rings. The summed E-state index contributed by atoms with van der Waals surface area (Å²) in [5.41, 5.74) is 0.0985. The molecular formula is C23H30N2O6. The number of fused-ring (bicyclic) bond motifs is 6. The van der Waals surface area contributed by atoms with Crippen LogP contribution in [0, 0.1) is 11.8 Å². The van der Waals surface area contributed by atoms with Crippen LogP contribution in [0.1, 0.15) is 48.9 Å². The van der Waals surface area contributed by atoms with E-state index >= 15 is 0 Å². The van der Waals surface area contributed by atoms with Crippen LogP contribution in [0.3, 0.4) is 0 Å². The number of hydrogen-bond acceptors (Lipinski definition) is 7. The monoisotopic (exact) mass is 430 g/mol. The average Bonchev–Trinajstić information content (AvgIpc) is 2.75. The Morgan fingerprint density at radius 2 is 1.81 bits per heavy atom. The molecule has 0 saturated carbocycles. The summed E-state index contributed by atoms with van der Waals surface area (Å²) in [7, 11) is 1.33. The van der Waals surface area contributed by atoms with E-state index in [1.54, 1.807) is 0 Å². The molecule has 5 rings (SSSR count). The molecule has 4 saturated heterocycles. The first-order valence-corrected chi connectivity index (χ1v) is 11.3. The van der Waals surface area contributed by atoms with Crippen LogP contribution >= 0.6 is 0 Å². The van der Waals surface area contributed by atoms with Crippen LogP contribution in [0.15, 0.2) is 12.1 Å². The molecule has 1 aromatic carbocycles. The number of hydrogen-bond donors (Lipinski definition) is 2. The fraction of sp³-hybridized carbons (Fsp3) is 0.652. The Bertz CT molecular complexity index is 866. The number of phenolic OH excluding ortho intramolecular Hbond substituents is 2. The zero-order valence-electron chi connectivity index (χ0n) is 17.8. The number of nitrogens with zero attached hydrogens (tertiary/aromatic N) is 2. The summed E-state index contributed by atoms with van der Waals surface area (Å²) in [5.74, 6) is 0.0596. The summed E-state index contributed by atoms with van der Waals surface area (Å²) in [4.78, 5) is 29.8. The molecule has 31 heavy (non-hydrogen) atoms. The predicted octanol–water partition coefficient (Wildman–Crippen LogP) is 2.13. The lowest BCUT2D eigenvalue weighted by atomic mass is 9.70. The fourth-order valence-corrected chi connectivity index (χ4v) is 6.30. The molecule has 0 aromatic heterocycles. The van der Waals surface area contributed by atoms with Gasteiger partial charge >= 0.3 is 5.97 Å². The van der Waals surface area contributed by atoms with Gasteiger partial charge in [-0.05, 0) is 49.7 Å². The van der Waals surface area contributed by atoms with Crippen molar-refractivity contribution < 1.29 is 29.3 Å². The number of benzene rings is 1. The van der Waals surface area contributed by atoms with E-state index in [0.29, 0.717) is 36.2 Å². The lowest BCUT2D eigenvalue weighted by Crippen LogP contribution is -2.65. The molecule has 4 aliphatic heterocycles. The van der Waals surface area contributed by atoms with Crippen molar-refractivity contribution >= 4 is 11.9 Å². The Morgan fingerprint density at radius 3 is 2.55 bits per heavy atom. The molecule has 168 valence electrons. The molecule has 0 radical (unpaired) electrons. The van der Waals surface area contributed by atoms with Crippen molar-refractivity contribution in [2.75, 3.05) is 26.7 Å². The minimum absolute atomic E-state index is 0.0653. The maximum absolute atomic E-state index is 12.7. The quantitative estimate of drug-likeness (QED) is 0.709. The number of amides is 1. The van der Waals surface area contributed by atoms with Crippen molar-refractivity contribution in [3.8, 4) is 17.2 Å². The molecule has 2 unspecified atom stereocenters. The Hall–Kier alpha value is -2.48. The molecule has 5 atom stereocenters.